The molecule has 0 saturated heterocycles. The third-order valence-electron chi connectivity index (χ3n) is 3.06. The number of methoxy groups -OCH3 is 1. The third-order valence-corrected chi connectivity index (χ3v) is 3.06. The lowest BCUT2D eigenvalue weighted by molar-refractivity contribution is 0.243. The lowest BCUT2D eigenvalue weighted by atomic mass is 10.2. The Morgan fingerprint density at radius 2 is 1.86 bits per heavy atom. The number of rotatable bonds is 5. The van der Waals surface area contributed by atoms with Crippen LogP contribution in [0.25, 0.3) is 11.4 Å². The zero-order valence-electron chi connectivity index (χ0n) is 12.0. The third kappa shape index (κ3) is 3.01. The Bertz CT molecular complexity index is 753. The lowest BCUT2D eigenvalue weighted by Crippen LogP contribution is -1.96. The van der Waals surface area contributed by atoms with Crippen molar-refractivity contribution >= 4 is 5.69 Å². The van der Waals surface area contributed by atoms with E-state index >= 15 is 0 Å². The van der Waals surface area contributed by atoms with Crippen LogP contribution in [0, 0.1) is 0 Å². The molecule has 0 amide bonds. The molecule has 2 aromatic carbocycles. The first-order chi connectivity index (χ1) is 10.8. The average Bonchev–Trinajstić information content (AvgIpc) is 3.03. The van der Waals surface area contributed by atoms with Gasteiger partial charge < -0.3 is 19.7 Å². The topological polar surface area (TPSA) is 83.4 Å². The molecular weight excluding hydrogens is 282 g/mol. The Balaban J connectivity index is 1.72. The predicted molar refractivity (Wildman–Crippen MR) is 81.5 cm³/mol. The molecule has 0 fully saturated rings. The molecule has 0 saturated carbocycles. The summed E-state index contributed by atoms with van der Waals surface area (Å²) < 4.78 is 16.1. The van der Waals surface area contributed by atoms with E-state index in [1.165, 1.54) is 0 Å². The molecule has 3 rings (SSSR count). The van der Waals surface area contributed by atoms with Gasteiger partial charge >= 0.3 is 0 Å². The van der Waals surface area contributed by atoms with Crippen LogP contribution in [0.3, 0.4) is 0 Å². The largest absolute Gasteiger partial charge is 0.496 e. The van der Waals surface area contributed by atoms with E-state index in [9.17, 15) is 0 Å². The molecule has 1 heterocycles. The highest BCUT2D eigenvalue weighted by Crippen LogP contribution is 2.27. The van der Waals surface area contributed by atoms with Gasteiger partial charge in [0.2, 0.25) is 5.82 Å². The van der Waals surface area contributed by atoms with Crippen molar-refractivity contribution in [3.05, 3.63) is 54.4 Å². The zero-order chi connectivity index (χ0) is 15.4. The highest BCUT2D eigenvalue weighted by Gasteiger charge is 2.13. The summed E-state index contributed by atoms with van der Waals surface area (Å²) in [5.74, 6) is 2.23. The molecule has 6 heteroatoms. The van der Waals surface area contributed by atoms with Crippen LogP contribution in [0.4, 0.5) is 5.69 Å². The molecule has 3 aromatic rings. The SMILES string of the molecule is COc1ccccc1-c1noc(COc2ccc(N)cc2)n1. The Hall–Kier alpha value is -3.02. The zero-order valence-corrected chi connectivity index (χ0v) is 12.0. The quantitative estimate of drug-likeness (QED) is 0.729. The fourth-order valence-corrected chi connectivity index (χ4v) is 1.96. The van der Waals surface area contributed by atoms with Crippen LogP contribution < -0.4 is 15.2 Å². The molecule has 0 unspecified atom stereocenters. The van der Waals surface area contributed by atoms with Crippen LogP contribution >= 0.6 is 0 Å². The molecule has 0 aliphatic rings. The van der Waals surface area contributed by atoms with E-state index in [1.54, 1.807) is 31.4 Å². The maximum Gasteiger partial charge on any atom is 0.264 e. The first-order valence-electron chi connectivity index (χ1n) is 6.70. The summed E-state index contributed by atoms with van der Waals surface area (Å²) in [7, 11) is 1.60. The summed E-state index contributed by atoms with van der Waals surface area (Å²) in [6.45, 7) is 0.187. The molecule has 112 valence electrons. The van der Waals surface area contributed by atoms with Crippen molar-refractivity contribution in [2.45, 2.75) is 6.61 Å². The molecule has 0 spiro atoms. The van der Waals surface area contributed by atoms with E-state index in [0.29, 0.717) is 28.9 Å². The minimum absolute atomic E-state index is 0.187. The second-order valence-electron chi connectivity index (χ2n) is 4.57. The summed E-state index contributed by atoms with van der Waals surface area (Å²) in [5.41, 5.74) is 7.08. The van der Waals surface area contributed by atoms with E-state index in [4.69, 9.17) is 19.7 Å². The predicted octanol–water partition coefficient (Wildman–Crippen LogP) is 2.91. The van der Waals surface area contributed by atoms with Crippen molar-refractivity contribution in [2.24, 2.45) is 0 Å². The van der Waals surface area contributed by atoms with Gasteiger partial charge in [0.25, 0.3) is 5.89 Å². The summed E-state index contributed by atoms with van der Waals surface area (Å²) in [6, 6.07) is 14.6. The second kappa shape index (κ2) is 6.17. The Kier molecular flexibility index (Phi) is 3.91. The molecular formula is C16H15N3O3. The number of nitrogens with two attached hydrogens (primary N) is 1. The van der Waals surface area contributed by atoms with Gasteiger partial charge in [-0.25, -0.2) is 0 Å². The van der Waals surface area contributed by atoms with E-state index in [-0.39, 0.29) is 6.61 Å². The summed E-state index contributed by atoms with van der Waals surface area (Å²) in [4.78, 5) is 4.31. The van der Waals surface area contributed by atoms with Crippen LogP contribution in [0.15, 0.2) is 53.1 Å². The number of para-hydroxylation sites is 1. The smallest absolute Gasteiger partial charge is 0.264 e. The van der Waals surface area contributed by atoms with Gasteiger partial charge in [0, 0.05) is 5.69 Å². The summed E-state index contributed by atoms with van der Waals surface area (Å²) in [6.07, 6.45) is 0. The number of hydrogen-bond acceptors (Lipinski definition) is 6. The first-order valence-corrected chi connectivity index (χ1v) is 6.70. The molecule has 0 atom stereocenters. The van der Waals surface area contributed by atoms with Gasteiger partial charge in [-0.15, -0.1) is 0 Å². The highest BCUT2D eigenvalue weighted by atomic mass is 16.5. The standard InChI is InChI=1S/C16H15N3O3/c1-20-14-5-3-2-4-13(14)16-18-15(22-19-16)10-21-12-8-6-11(17)7-9-12/h2-9H,10,17H2,1H3. The lowest BCUT2D eigenvalue weighted by Gasteiger charge is -2.03. The molecule has 1 aromatic heterocycles. The highest BCUT2D eigenvalue weighted by molar-refractivity contribution is 5.63. The Morgan fingerprint density at radius 3 is 2.64 bits per heavy atom. The van der Waals surface area contributed by atoms with E-state index < -0.39 is 0 Å². The van der Waals surface area contributed by atoms with Gasteiger partial charge in [-0.2, -0.15) is 4.98 Å². The molecule has 22 heavy (non-hydrogen) atoms. The average molecular weight is 297 g/mol. The first kappa shape index (κ1) is 13.9. The van der Waals surface area contributed by atoms with Crippen molar-refractivity contribution in [3.8, 4) is 22.9 Å². The van der Waals surface area contributed by atoms with Gasteiger partial charge in [-0.3, -0.25) is 0 Å². The second-order valence-corrected chi connectivity index (χ2v) is 4.57. The molecule has 6 nitrogen and oxygen atoms in total. The minimum Gasteiger partial charge on any atom is -0.496 e. The number of anilines is 1. The van der Waals surface area contributed by atoms with Crippen LogP contribution in [-0.4, -0.2) is 17.3 Å². The van der Waals surface area contributed by atoms with Gasteiger partial charge in [-0.1, -0.05) is 17.3 Å². The van der Waals surface area contributed by atoms with Crippen molar-refractivity contribution in [2.75, 3.05) is 12.8 Å². The monoisotopic (exact) mass is 297 g/mol. The fraction of sp³-hybridized carbons (Fsp3) is 0.125. The summed E-state index contributed by atoms with van der Waals surface area (Å²) >= 11 is 0. The fourth-order valence-electron chi connectivity index (χ4n) is 1.96. The number of ether oxygens (including phenoxy) is 2. The number of benzene rings is 2. The van der Waals surface area contributed by atoms with E-state index in [1.807, 2.05) is 24.3 Å². The maximum absolute atomic E-state index is 5.62. The van der Waals surface area contributed by atoms with Crippen LogP contribution in [0.5, 0.6) is 11.5 Å². The number of hydrogen-bond donors (Lipinski definition) is 1. The van der Waals surface area contributed by atoms with Crippen molar-refractivity contribution in [3.63, 3.8) is 0 Å². The summed E-state index contributed by atoms with van der Waals surface area (Å²) in [5, 5.41) is 3.96. The normalized spacial score (nSPS) is 10.4. The Labute approximate surface area is 127 Å². The van der Waals surface area contributed by atoms with Crippen LogP contribution in [0.2, 0.25) is 0 Å². The van der Waals surface area contributed by atoms with Crippen LogP contribution in [0.1, 0.15) is 5.89 Å². The van der Waals surface area contributed by atoms with E-state index in [2.05, 4.69) is 10.1 Å². The number of nitrogen functional groups attached to an aromatic ring is 1. The van der Waals surface area contributed by atoms with Crippen molar-refractivity contribution in [1.82, 2.24) is 10.1 Å². The molecule has 0 bridgehead atoms. The molecule has 0 radical (unpaired) electrons. The van der Waals surface area contributed by atoms with Crippen molar-refractivity contribution < 1.29 is 14.0 Å². The van der Waals surface area contributed by atoms with Gasteiger partial charge in [0.05, 0.1) is 12.7 Å². The van der Waals surface area contributed by atoms with Crippen LogP contribution in [-0.2, 0) is 6.61 Å². The van der Waals surface area contributed by atoms with Gasteiger partial charge in [-0.05, 0) is 36.4 Å². The van der Waals surface area contributed by atoms with Gasteiger partial charge in [0.15, 0.2) is 6.61 Å². The Morgan fingerprint density at radius 1 is 1.09 bits per heavy atom. The molecule has 0 aliphatic heterocycles. The molecule has 0 aliphatic carbocycles. The molecule has 2 N–H and O–H groups in total. The number of aromatic nitrogens is 2. The minimum atomic E-state index is 0.187. The maximum atomic E-state index is 5.62. The number of nitrogens with zero attached hydrogens (tertiary/aromatic N) is 2. The van der Waals surface area contributed by atoms with Crippen molar-refractivity contribution in [1.29, 1.82) is 0 Å². The van der Waals surface area contributed by atoms with Gasteiger partial charge in [0.1, 0.15) is 11.5 Å². The van der Waals surface area contributed by atoms with E-state index in [0.717, 1.165) is 5.56 Å².